The molecule has 0 unspecified atom stereocenters. The third-order valence-corrected chi connectivity index (χ3v) is 3.22. The Morgan fingerprint density at radius 1 is 1.21 bits per heavy atom. The van der Waals surface area contributed by atoms with Gasteiger partial charge in [0.15, 0.2) is 0 Å². The molecule has 4 nitrogen and oxygen atoms in total. The van der Waals surface area contributed by atoms with Crippen LogP contribution in [0.4, 0.5) is 11.4 Å². The van der Waals surface area contributed by atoms with Gasteiger partial charge in [0.1, 0.15) is 5.69 Å². The summed E-state index contributed by atoms with van der Waals surface area (Å²) in [6.45, 7) is 4.25. The van der Waals surface area contributed by atoms with Gasteiger partial charge in [-0.05, 0) is 55.2 Å². The van der Waals surface area contributed by atoms with Gasteiger partial charge in [0.25, 0.3) is 0 Å². The molecule has 3 N–H and O–H groups in total. The minimum Gasteiger partial charge on any atom is -0.399 e. The van der Waals surface area contributed by atoms with Gasteiger partial charge in [-0.25, -0.2) is 4.98 Å². The minimum atomic E-state index is 0.0821. The van der Waals surface area contributed by atoms with E-state index in [1.54, 1.807) is 18.3 Å². The van der Waals surface area contributed by atoms with E-state index in [9.17, 15) is 4.79 Å². The Morgan fingerprint density at radius 3 is 2.50 bits per heavy atom. The van der Waals surface area contributed by atoms with E-state index in [0.29, 0.717) is 11.4 Å². The summed E-state index contributed by atoms with van der Waals surface area (Å²) < 4.78 is 0. The van der Waals surface area contributed by atoms with Crippen LogP contribution in [0.3, 0.4) is 0 Å². The number of hydrogen-bond donors (Lipinski definition) is 2. The van der Waals surface area contributed by atoms with Crippen LogP contribution in [-0.4, -0.2) is 10.9 Å². The standard InChI is InChI=1S/C17H15N3O.C3H8/c18-14-6-1-12(2-7-14)3-8-15-11-16(9-10-19-15)20-17(21)13-4-5-13;1-3-2/h1-2,6-7,9-11,13H,4-5,18H2,(H,19,20,21);3H2,1-2H3. The van der Waals surface area contributed by atoms with Gasteiger partial charge in [-0.1, -0.05) is 26.2 Å². The first-order valence-corrected chi connectivity index (χ1v) is 8.26. The zero-order chi connectivity index (χ0) is 17.4. The second-order valence-electron chi connectivity index (χ2n) is 5.77. The summed E-state index contributed by atoms with van der Waals surface area (Å²) in [5.41, 5.74) is 8.58. The number of carbonyl (C=O) groups excluding carboxylic acids is 1. The van der Waals surface area contributed by atoms with E-state index in [0.717, 1.165) is 24.1 Å². The maximum Gasteiger partial charge on any atom is 0.227 e. The number of aromatic nitrogens is 1. The number of benzene rings is 1. The van der Waals surface area contributed by atoms with E-state index in [1.807, 2.05) is 24.3 Å². The molecule has 24 heavy (non-hydrogen) atoms. The third-order valence-electron chi connectivity index (χ3n) is 3.22. The van der Waals surface area contributed by atoms with Gasteiger partial charge in [0, 0.05) is 29.1 Å². The summed E-state index contributed by atoms with van der Waals surface area (Å²) in [5, 5.41) is 2.89. The van der Waals surface area contributed by atoms with E-state index in [4.69, 9.17) is 5.73 Å². The molecule has 0 radical (unpaired) electrons. The Kier molecular flexibility index (Phi) is 6.39. The van der Waals surface area contributed by atoms with E-state index in [2.05, 4.69) is 36.0 Å². The zero-order valence-corrected chi connectivity index (χ0v) is 14.2. The number of rotatable bonds is 2. The SMILES string of the molecule is CCC.Nc1ccc(C#Cc2cc(NC(=O)C3CC3)ccn2)cc1. The maximum absolute atomic E-state index is 11.7. The Bertz CT molecular complexity index is 737. The second-order valence-corrected chi connectivity index (χ2v) is 5.77. The van der Waals surface area contributed by atoms with Gasteiger partial charge in [0.05, 0.1) is 0 Å². The molecule has 1 aliphatic rings. The van der Waals surface area contributed by atoms with Crippen molar-refractivity contribution in [3.8, 4) is 11.8 Å². The summed E-state index contributed by atoms with van der Waals surface area (Å²) in [5.74, 6) is 6.27. The number of carbonyl (C=O) groups is 1. The van der Waals surface area contributed by atoms with Crippen LogP contribution >= 0.6 is 0 Å². The molecule has 0 bridgehead atoms. The van der Waals surface area contributed by atoms with Crippen molar-refractivity contribution < 1.29 is 4.79 Å². The fourth-order valence-electron chi connectivity index (χ4n) is 1.87. The van der Waals surface area contributed by atoms with Crippen LogP contribution in [0.2, 0.25) is 0 Å². The molecule has 0 spiro atoms. The Balaban J connectivity index is 0.000000647. The molecule has 1 fully saturated rings. The van der Waals surface area contributed by atoms with Gasteiger partial charge in [-0.3, -0.25) is 4.79 Å². The summed E-state index contributed by atoms with van der Waals surface area (Å²) in [6, 6.07) is 10.9. The molecule has 1 aliphatic carbocycles. The van der Waals surface area contributed by atoms with Gasteiger partial charge >= 0.3 is 0 Å². The van der Waals surface area contributed by atoms with Crippen molar-refractivity contribution >= 4 is 17.3 Å². The second kappa shape index (κ2) is 8.73. The van der Waals surface area contributed by atoms with Crippen molar-refractivity contribution in [2.24, 2.45) is 5.92 Å². The van der Waals surface area contributed by atoms with Crippen molar-refractivity contribution in [2.45, 2.75) is 33.1 Å². The summed E-state index contributed by atoms with van der Waals surface area (Å²) in [4.78, 5) is 15.9. The molecule has 1 saturated carbocycles. The molecule has 3 rings (SSSR count). The Morgan fingerprint density at radius 2 is 1.88 bits per heavy atom. The highest BCUT2D eigenvalue weighted by molar-refractivity contribution is 5.94. The van der Waals surface area contributed by atoms with Crippen molar-refractivity contribution in [1.82, 2.24) is 4.98 Å². The lowest BCUT2D eigenvalue weighted by molar-refractivity contribution is -0.117. The van der Waals surface area contributed by atoms with E-state index >= 15 is 0 Å². The minimum absolute atomic E-state index is 0.0821. The quantitative estimate of drug-likeness (QED) is 0.652. The van der Waals surface area contributed by atoms with E-state index in [1.165, 1.54) is 6.42 Å². The van der Waals surface area contributed by atoms with E-state index < -0.39 is 0 Å². The normalized spacial score (nSPS) is 12.2. The molecule has 124 valence electrons. The van der Waals surface area contributed by atoms with Crippen LogP contribution in [0.25, 0.3) is 0 Å². The number of nitrogen functional groups attached to an aromatic ring is 1. The fourth-order valence-corrected chi connectivity index (χ4v) is 1.87. The van der Waals surface area contributed by atoms with Crippen LogP contribution in [-0.2, 0) is 4.79 Å². The molecule has 1 heterocycles. The van der Waals surface area contributed by atoms with Gasteiger partial charge in [-0.15, -0.1) is 0 Å². The van der Waals surface area contributed by atoms with Crippen molar-refractivity contribution in [3.05, 3.63) is 53.9 Å². The Hall–Kier alpha value is -2.80. The fraction of sp³-hybridized carbons (Fsp3) is 0.300. The molecule has 0 aliphatic heterocycles. The predicted molar refractivity (Wildman–Crippen MR) is 98.4 cm³/mol. The molecule has 4 heteroatoms. The highest BCUT2D eigenvalue weighted by atomic mass is 16.2. The lowest BCUT2D eigenvalue weighted by Gasteiger charge is -2.03. The number of pyridine rings is 1. The van der Waals surface area contributed by atoms with Gasteiger partial charge in [-0.2, -0.15) is 0 Å². The number of anilines is 2. The average molecular weight is 321 g/mol. The summed E-state index contributed by atoms with van der Waals surface area (Å²) in [6.07, 6.45) is 4.87. The van der Waals surface area contributed by atoms with Gasteiger partial charge < -0.3 is 11.1 Å². The Labute approximate surface area is 143 Å². The van der Waals surface area contributed by atoms with Gasteiger partial charge in [0.2, 0.25) is 5.91 Å². The number of nitrogens with one attached hydrogen (secondary N) is 1. The van der Waals surface area contributed by atoms with Crippen LogP contribution in [0.5, 0.6) is 0 Å². The van der Waals surface area contributed by atoms with Crippen molar-refractivity contribution in [2.75, 3.05) is 11.1 Å². The highest BCUT2D eigenvalue weighted by Crippen LogP contribution is 2.30. The first-order chi connectivity index (χ1) is 11.6. The van der Waals surface area contributed by atoms with Crippen molar-refractivity contribution in [3.63, 3.8) is 0 Å². The lowest BCUT2D eigenvalue weighted by atomic mass is 10.2. The number of hydrogen-bond acceptors (Lipinski definition) is 3. The number of amides is 1. The smallest absolute Gasteiger partial charge is 0.227 e. The summed E-state index contributed by atoms with van der Waals surface area (Å²) in [7, 11) is 0. The molecule has 0 atom stereocenters. The summed E-state index contributed by atoms with van der Waals surface area (Å²) >= 11 is 0. The average Bonchev–Trinajstić information content (AvgIpc) is 3.40. The lowest BCUT2D eigenvalue weighted by Crippen LogP contribution is -2.13. The third kappa shape index (κ3) is 5.77. The van der Waals surface area contributed by atoms with Crippen molar-refractivity contribution in [1.29, 1.82) is 0 Å². The van der Waals surface area contributed by atoms with Crippen LogP contribution in [0, 0.1) is 17.8 Å². The molecular weight excluding hydrogens is 298 g/mol. The molecule has 0 saturated heterocycles. The van der Waals surface area contributed by atoms with Crippen LogP contribution < -0.4 is 11.1 Å². The monoisotopic (exact) mass is 321 g/mol. The number of nitrogens with zero attached hydrogens (tertiary/aromatic N) is 1. The molecule has 2 aromatic rings. The maximum atomic E-state index is 11.7. The molecule has 1 amide bonds. The largest absolute Gasteiger partial charge is 0.399 e. The molecule has 1 aromatic carbocycles. The molecule has 1 aromatic heterocycles. The predicted octanol–water partition coefficient (Wildman–Crippen LogP) is 3.83. The highest BCUT2D eigenvalue weighted by Gasteiger charge is 2.29. The number of nitrogens with two attached hydrogens (primary N) is 1. The topological polar surface area (TPSA) is 68.0 Å². The first kappa shape index (κ1) is 17.6. The van der Waals surface area contributed by atoms with E-state index in [-0.39, 0.29) is 11.8 Å². The van der Waals surface area contributed by atoms with Crippen LogP contribution in [0.15, 0.2) is 42.6 Å². The zero-order valence-electron chi connectivity index (χ0n) is 14.2. The first-order valence-electron chi connectivity index (χ1n) is 8.26. The molecular formula is C20H23N3O. The van der Waals surface area contributed by atoms with Crippen LogP contribution in [0.1, 0.15) is 44.4 Å².